The highest BCUT2D eigenvalue weighted by atomic mass is 32.2. The molecule has 1 aliphatic heterocycles. The third-order valence-corrected chi connectivity index (χ3v) is 2.83. The highest BCUT2D eigenvalue weighted by Gasteiger charge is 2.15. The van der Waals surface area contributed by atoms with E-state index in [4.69, 9.17) is 9.47 Å². The van der Waals surface area contributed by atoms with Crippen molar-refractivity contribution in [3.63, 3.8) is 0 Å². The predicted octanol–water partition coefficient (Wildman–Crippen LogP) is 1.86. The molecule has 1 aliphatic rings. The van der Waals surface area contributed by atoms with Crippen LogP contribution in [0.2, 0.25) is 0 Å². The van der Waals surface area contributed by atoms with Gasteiger partial charge in [-0.05, 0) is 12.1 Å². The average molecular weight is 212 g/mol. The molecule has 1 aromatic rings. The summed E-state index contributed by atoms with van der Waals surface area (Å²) in [7, 11) is 0. The van der Waals surface area contributed by atoms with E-state index in [1.165, 1.54) is 0 Å². The van der Waals surface area contributed by atoms with Crippen LogP contribution in [0.5, 0.6) is 11.5 Å². The number of benzene rings is 1. The van der Waals surface area contributed by atoms with Gasteiger partial charge in [0, 0.05) is 11.8 Å². The molecule has 0 radical (unpaired) electrons. The second-order valence-corrected chi connectivity index (χ2v) is 4.14. The molecule has 1 saturated heterocycles. The molecule has 76 valence electrons. The Bertz CT molecular complexity index is 297. The van der Waals surface area contributed by atoms with Gasteiger partial charge in [-0.15, -0.1) is 0 Å². The Morgan fingerprint density at radius 2 is 2.43 bits per heavy atom. The summed E-state index contributed by atoms with van der Waals surface area (Å²) in [6.45, 7) is 0.730. The predicted molar refractivity (Wildman–Crippen MR) is 55.8 cm³/mol. The van der Waals surface area contributed by atoms with Crippen LogP contribution in [0.4, 0.5) is 0 Å². The number of hydrogen-bond acceptors (Lipinski definition) is 4. The lowest BCUT2D eigenvalue weighted by Gasteiger charge is -2.23. The van der Waals surface area contributed by atoms with Gasteiger partial charge in [-0.25, -0.2) is 0 Å². The van der Waals surface area contributed by atoms with Crippen molar-refractivity contribution in [3.8, 4) is 11.5 Å². The van der Waals surface area contributed by atoms with Gasteiger partial charge in [0.2, 0.25) is 6.29 Å². The molecule has 1 N–H and O–H groups in total. The highest BCUT2D eigenvalue weighted by molar-refractivity contribution is 7.99. The topological polar surface area (TPSA) is 38.7 Å². The molecule has 3 nitrogen and oxygen atoms in total. The zero-order valence-electron chi connectivity index (χ0n) is 7.68. The summed E-state index contributed by atoms with van der Waals surface area (Å²) in [5.41, 5.74) is 0. The minimum absolute atomic E-state index is 0.185. The molecule has 1 unspecified atom stereocenters. The second kappa shape index (κ2) is 4.57. The zero-order valence-corrected chi connectivity index (χ0v) is 8.50. The third-order valence-electron chi connectivity index (χ3n) is 1.87. The van der Waals surface area contributed by atoms with Crippen molar-refractivity contribution in [1.29, 1.82) is 0 Å². The Balaban J connectivity index is 1.95. The molecule has 0 aliphatic carbocycles. The molecule has 2 rings (SSSR count). The summed E-state index contributed by atoms with van der Waals surface area (Å²) in [5.74, 6) is 2.73. The molecule has 0 spiro atoms. The van der Waals surface area contributed by atoms with Gasteiger partial charge in [-0.3, -0.25) is 0 Å². The summed E-state index contributed by atoms with van der Waals surface area (Å²) < 4.78 is 10.9. The van der Waals surface area contributed by atoms with Gasteiger partial charge in [0.25, 0.3) is 0 Å². The van der Waals surface area contributed by atoms with E-state index in [9.17, 15) is 5.11 Å². The van der Waals surface area contributed by atoms with Gasteiger partial charge in [0.1, 0.15) is 11.5 Å². The highest BCUT2D eigenvalue weighted by Crippen LogP contribution is 2.21. The summed E-state index contributed by atoms with van der Waals surface area (Å²) in [5, 5.41) is 9.22. The largest absolute Gasteiger partial charge is 0.508 e. The first-order valence-electron chi connectivity index (χ1n) is 4.49. The van der Waals surface area contributed by atoms with Crippen molar-refractivity contribution >= 4 is 11.8 Å². The van der Waals surface area contributed by atoms with Crippen molar-refractivity contribution in [3.05, 3.63) is 24.3 Å². The summed E-state index contributed by atoms with van der Waals surface area (Å²) in [6, 6.07) is 6.76. The van der Waals surface area contributed by atoms with Crippen LogP contribution in [0.3, 0.4) is 0 Å². The van der Waals surface area contributed by atoms with E-state index >= 15 is 0 Å². The summed E-state index contributed by atoms with van der Waals surface area (Å²) in [6.07, 6.45) is -0.185. The Morgan fingerprint density at radius 1 is 1.50 bits per heavy atom. The minimum atomic E-state index is -0.185. The fraction of sp³-hybridized carbons (Fsp3) is 0.400. The van der Waals surface area contributed by atoms with Crippen molar-refractivity contribution in [1.82, 2.24) is 0 Å². The number of phenols is 1. The molecule has 1 aromatic carbocycles. The molecular formula is C10H12O3S. The molecule has 1 atom stereocenters. The van der Waals surface area contributed by atoms with Crippen molar-refractivity contribution in [2.75, 3.05) is 18.1 Å². The molecule has 0 aromatic heterocycles. The first-order valence-corrected chi connectivity index (χ1v) is 5.65. The van der Waals surface area contributed by atoms with Crippen LogP contribution in [0.15, 0.2) is 24.3 Å². The quantitative estimate of drug-likeness (QED) is 0.812. The maximum Gasteiger partial charge on any atom is 0.209 e. The maximum atomic E-state index is 9.22. The SMILES string of the molecule is Oc1cccc(OC2CSCCO2)c1. The maximum absolute atomic E-state index is 9.22. The van der Waals surface area contributed by atoms with E-state index in [1.54, 1.807) is 18.2 Å². The van der Waals surface area contributed by atoms with Gasteiger partial charge in [-0.2, -0.15) is 11.8 Å². The first kappa shape index (κ1) is 9.68. The zero-order chi connectivity index (χ0) is 9.80. The Kier molecular flexibility index (Phi) is 3.16. The molecule has 1 fully saturated rings. The Labute approximate surface area is 87.0 Å². The van der Waals surface area contributed by atoms with Crippen molar-refractivity contribution in [2.45, 2.75) is 6.29 Å². The van der Waals surface area contributed by atoms with Crippen LogP contribution in [0.25, 0.3) is 0 Å². The van der Waals surface area contributed by atoms with E-state index in [2.05, 4.69) is 0 Å². The van der Waals surface area contributed by atoms with Crippen LogP contribution in [0.1, 0.15) is 0 Å². The molecule has 0 bridgehead atoms. The number of hydrogen-bond donors (Lipinski definition) is 1. The van der Waals surface area contributed by atoms with Gasteiger partial charge in [-0.1, -0.05) is 6.07 Å². The van der Waals surface area contributed by atoms with E-state index in [-0.39, 0.29) is 12.0 Å². The number of thioether (sulfide) groups is 1. The van der Waals surface area contributed by atoms with Gasteiger partial charge < -0.3 is 14.6 Å². The van der Waals surface area contributed by atoms with Crippen LogP contribution < -0.4 is 4.74 Å². The lowest BCUT2D eigenvalue weighted by Crippen LogP contribution is -2.28. The second-order valence-electron chi connectivity index (χ2n) is 2.99. The Hall–Kier alpha value is -0.870. The van der Waals surface area contributed by atoms with Gasteiger partial charge in [0.15, 0.2) is 0 Å². The molecule has 14 heavy (non-hydrogen) atoms. The fourth-order valence-electron chi connectivity index (χ4n) is 1.24. The summed E-state index contributed by atoms with van der Waals surface area (Å²) >= 11 is 1.81. The number of phenolic OH excluding ortho intramolecular Hbond substituents is 1. The molecule has 0 amide bonds. The average Bonchev–Trinajstić information content (AvgIpc) is 2.19. The number of rotatable bonds is 2. The van der Waals surface area contributed by atoms with Gasteiger partial charge >= 0.3 is 0 Å². The standard InChI is InChI=1S/C10H12O3S/c11-8-2-1-3-9(6-8)13-10-7-14-5-4-12-10/h1-3,6,10-11H,4-5,7H2. The molecular weight excluding hydrogens is 200 g/mol. The summed E-state index contributed by atoms with van der Waals surface area (Å²) in [4.78, 5) is 0. The molecule has 1 heterocycles. The van der Waals surface area contributed by atoms with E-state index in [1.807, 2.05) is 17.8 Å². The number of ether oxygens (including phenoxy) is 2. The smallest absolute Gasteiger partial charge is 0.209 e. The Morgan fingerprint density at radius 3 is 3.14 bits per heavy atom. The fourth-order valence-corrected chi connectivity index (χ4v) is 1.98. The van der Waals surface area contributed by atoms with Crippen molar-refractivity contribution in [2.24, 2.45) is 0 Å². The first-order chi connectivity index (χ1) is 6.84. The minimum Gasteiger partial charge on any atom is -0.508 e. The van der Waals surface area contributed by atoms with E-state index < -0.39 is 0 Å². The van der Waals surface area contributed by atoms with Gasteiger partial charge in [0.05, 0.1) is 12.4 Å². The van der Waals surface area contributed by atoms with Crippen LogP contribution >= 0.6 is 11.8 Å². The third kappa shape index (κ3) is 2.56. The van der Waals surface area contributed by atoms with Crippen LogP contribution in [-0.2, 0) is 4.74 Å². The van der Waals surface area contributed by atoms with Crippen molar-refractivity contribution < 1.29 is 14.6 Å². The number of aromatic hydroxyl groups is 1. The van der Waals surface area contributed by atoms with Crippen LogP contribution in [0, 0.1) is 0 Å². The monoisotopic (exact) mass is 212 g/mol. The molecule has 0 saturated carbocycles. The lowest BCUT2D eigenvalue weighted by molar-refractivity contribution is -0.0611. The molecule has 4 heteroatoms. The normalized spacial score (nSPS) is 21.9. The van der Waals surface area contributed by atoms with E-state index in [0.717, 1.165) is 18.1 Å². The van der Waals surface area contributed by atoms with Crippen LogP contribution in [-0.4, -0.2) is 29.5 Å². The van der Waals surface area contributed by atoms with E-state index in [0.29, 0.717) is 5.75 Å². The lowest BCUT2D eigenvalue weighted by atomic mass is 10.3.